The molecule has 3 saturated carbocycles. The number of hydrogen-bond donors (Lipinski definition) is 1. The third-order valence-electron chi connectivity index (χ3n) is 8.08. The molecule has 0 radical (unpaired) electrons. The van der Waals surface area contributed by atoms with E-state index in [2.05, 4.69) is 19.0 Å². The molecule has 5 heteroatoms. The summed E-state index contributed by atoms with van der Waals surface area (Å²) in [5, 5.41) is 13.4. The average molecular weight is 359 g/mol. The van der Waals surface area contributed by atoms with Crippen LogP contribution in [0.4, 0.5) is 0 Å². The molecule has 0 saturated heterocycles. The molecule has 1 N–H and O–H groups in total. The summed E-state index contributed by atoms with van der Waals surface area (Å²) in [6.45, 7) is 5.91. The van der Waals surface area contributed by atoms with E-state index in [9.17, 15) is 14.8 Å². The van der Waals surface area contributed by atoms with Crippen LogP contribution >= 0.6 is 0 Å². The van der Waals surface area contributed by atoms with Crippen molar-refractivity contribution in [2.24, 2.45) is 33.7 Å². The van der Waals surface area contributed by atoms with Crippen LogP contribution in [0.3, 0.4) is 0 Å². The fourth-order valence-electron chi connectivity index (χ4n) is 6.60. The predicted molar refractivity (Wildman–Crippen MR) is 96.9 cm³/mol. The van der Waals surface area contributed by atoms with Crippen LogP contribution in [0.25, 0.3) is 0 Å². The van der Waals surface area contributed by atoms with E-state index in [1.165, 1.54) is 12.5 Å². The first-order valence-electron chi connectivity index (χ1n) is 9.93. The lowest BCUT2D eigenvalue weighted by molar-refractivity contribution is -0.148. The van der Waals surface area contributed by atoms with E-state index in [-0.39, 0.29) is 34.7 Å². The molecule has 0 aromatic heterocycles. The number of hydrogen-bond acceptors (Lipinski definition) is 5. The standard InChI is InChI=1S/C21H29NO4/c1-12(23)26-14-6-8-20(2)13(10-14)11-17(22-25)19-15-4-5-18(24)21(15,3)9-7-16(19)20/h11,14-16,19,25H,4-10H2,1-3H3/b22-17+/t14-,15?,16?,19?,20-,21-/m0/s1. The number of ketones is 1. The van der Waals surface area contributed by atoms with Gasteiger partial charge < -0.3 is 9.94 Å². The minimum absolute atomic E-state index is 0.0441. The minimum atomic E-state index is -0.256. The molecule has 0 aromatic carbocycles. The Balaban J connectivity index is 1.71. The summed E-state index contributed by atoms with van der Waals surface area (Å²) in [6.07, 6.45) is 8.05. The molecule has 0 heterocycles. The van der Waals surface area contributed by atoms with Gasteiger partial charge in [0.1, 0.15) is 11.9 Å². The molecule has 5 nitrogen and oxygen atoms in total. The molecule has 3 unspecified atom stereocenters. The van der Waals surface area contributed by atoms with Crippen LogP contribution in [-0.4, -0.2) is 28.8 Å². The number of nitrogens with zero attached hydrogens (tertiary/aromatic N) is 1. The Hall–Kier alpha value is -1.65. The van der Waals surface area contributed by atoms with Crippen molar-refractivity contribution in [3.8, 4) is 0 Å². The van der Waals surface area contributed by atoms with Crippen LogP contribution in [0, 0.1) is 28.6 Å². The summed E-state index contributed by atoms with van der Waals surface area (Å²) in [5.41, 5.74) is 1.77. The maximum Gasteiger partial charge on any atom is 0.302 e. The van der Waals surface area contributed by atoms with Crippen molar-refractivity contribution >= 4 is 17.5 Å². The van der Waals surface area contributed by atoms with E-state index in [0.717, 1.165) is 44.2 Å². The predicted octanol–water partition coefficient (Wildman–Crippen LogP) is 3.89. The molecule has 26 heavy (non-hydrogen) atoms. The zero-order chi connectivity index (χ0) is 18.7. The Labute approximate surface area is 154 Å². The van der Waals surface area contributed by atoms with Crippen molar-refractivity contribution in [3.05, 3.63) is 11.6 Å². The number of rotatable bonds is 1. The summed E-state index contributed by atoms with van der Waals surface area (Å²) in [6, 6.07) is 0. The van der Waals surface area contributed by atoms with Crippen LogP contribution in [-0.2, 0) is 14.3 Å². The number of fused-ring (bicyclic) bond motifs is 5. The van der Waals surface area contributed by atoms with E-state index < -0.39 is 0 Å². The molecule has 0 aromatic rings. The zero-order valence-corrected chi connectivity index (χ0v) is 16.0. The summed E-state index contributed by atoms with van der Waals surface area (Å²) < 4.78 is 5.46. The molecule has 142 valence electrons. The monoisotopic (exact) mass is 359 g/mol. The molecular weight excluding hydrogens is 330 g/mol. The third kappa shape index (κ3) is 2.39. The van der Waals surface area contributed by atoms with Gasteiger partial charge in [-0.3, -0.25) is 9.59 Å². The summed E-state index contributed by atoms with van der Waals surface area (Å²) >= 11 is 0. The van der Waals surface area contributed by atoms with Gasteiger partial charge in [0.15, 0.2) is 0 Å². The lowest BCUT2D eigenvalue weighted by atomic mass is 9.47. The van der Waals surface area contributed by atoms with E-state index in [1.54, 1.807) is 0 Å². The van der Waals surface area contributed by atoms with Gasteiger partial charge in [-0.1, -0.05) is 24.6 Å². The van der Waals surface area contributed by atoms with Crippen molar-refractivity contribution in [3.63, 3.8) is 0 Å². The molecule has 6 atom stereocenters. The Kier molecular flexibility index (Phi) is 4.05. The van der Waals surface area contributed by atoms with Gasteiger partial charge in [-0.15, -0.1) is 0 Å². The third-order valence-corrected chi connectivity index (χ3v) is 8.08. The first-order chi connectivity index (χ1) is 12.3. The second kappa shape index (κ2) is 5.93. The average Bonchev–Trinajstić information content (AvgIpc) is 2.89. The van der Waals surface area contributed by atoms with Gasteiger partial charge >= 0.3 is 5.97 Å². The largest absolute Gasteiger partial charge is 0.462 e. The van der Waals surface area contributed by atoms with Crippen molar-refractivity contribution in [1.29, 1.82) is 0 Å². The highest BCUT2D eigenvalue weighted by Crippen LogP contribution is 2.63. The highest BCUT2D eigenvalue weighted by Gasteiger charge is 2.60. The number of carbonyl (C=O) groups is 2. The normalized spacial score (nSPS) is 46.2. The van der Waals surface area contributed by atoms with Gasteiger partial charge in [-0.05, 0) is 55.4 Å². The molecule has 4 aliphatic carbocycles. The van der Waals surface area contributed by atoms with Crippen molar-refractivity contribution in [2.75, 3.05) is 0 Å². The quantitative estimate of drug-likeness (QED) is 0.438. The van der Waals surface area contributed by atoms with Gasteiger partial charge in [0.2, 0.25) is 0 Å². The smallest absolute Gasteiger partial charge is 0.302 e. The fourth-order valence-corrected chi connectivity index (χ4v) is 6.60. The van der Waals surface area contributed by atoms with Gasteiger partial charge in [-0.2, -0.15) is 0 Å². The number of allylic oxidation sites excluding steroid dienone is 1. The summed E-state index contributed by atoms with van der Waals surface area (Å²) in [5.74, 6) is 0.985. The van der Waals surface area contributed by atoms with E-state index in [1.807, 2.05) is 6.08 Å². The molecule has 0 aliphatic heterocycles. The molecule has 0 amide bonds. The molecule has 3 fully saturated rings. The fraction of sp³-hybridized carbons (Fsp3) is 0.762. The van der Waals surface area contributed by atoms with Crippen LogP contribution in [0.1, 0.15) is 65.7 Å². The van der Waals surface area contributed by atoms with Crippen LogP contribution in [0.2, 0.25) is 0 Å². The Morgan fingerprint density at radius 1 is 1.19 bits per heavy atom. The zero-order valence-electron chi connectivity index (χ0n) is 16.0. The molecule has 0 bridgehead atoms. The van der Waals surface area contributed by atoms with Crippen molar-refractivity contribution in [2.45, 2.75) is 71.8 Å². The molecule has 4 rings (SSSR count). The van der Waals surface area contributed by atoms with Crippen LogP contribution in [0.5, 0.6) is 0 Å². The topological polar surface area (TPSA) is 76.0 Å². The van der Waals surface area contributed by atoms with Gasteiger partial charge in [-0.25, -0.2) is 0 Å². The maximum absolute atomic E-state index is 12.5. The minimum Gasteiger partial charge on any atom is -0.462 e. The first kappa shape index (κ1) is 17.7. The summed E-state index contributed by atoms with van der Waals surface area (Å²) in [7, 11) is 0. The second-order valence-corrected chi connectivity index (χ2v) is 9.24. The number of esters is 1. The van der Waals surface area contributed by atoms with E-state index in [0.29, 0.717) is 18.1 Å². The lowest BCUT2D eigenvalue weighted by Gasteiger charge is -2.56. The molecule has 0 spiro atoms. The number of Topliss-reactive ketones (excluding diaryl/α,β-unsaturated/α-hetero) is 1. The van der Waals surface area contributed by atoms with E-state index >= 15 is 0 Å². The Bertz CT molecular complexity index is 711. The van der Waals surface area contributed by atoms with Crippen LogP contribution < -0.4 is 0 Å². The van der Waals surface area contributed by atoms with Gasteiger partial charge in [0.25, 0.3) is 0 Å². The second-order valence-electron chi connectivity index (χ2n) is 9.24. The Morgan fingerprint density at radius 3 is 2.58 bits per heavy atom. The number of oxime groups is 1. The van der Waals surface area contributed by atoms with Crippen molar-refractivity contribution in [1.82, 2.24) is 0 Å². The maximum atomic E-state index is 12.5. The first-order valence-corrected chi connectivity index (χ1v) is 9.93. The van der Waals surface area contributed by atoms with Crippen molar-refractivity contribution < 1.29 is 19.5 Å². The van der Waals surface area contributed by atoms with Gasteiger partial charge in [0.05, 0.1) is 5.71 Å². The molecular formula is C21H29NO4. The van der Waals surface area contributed by atoms with Crippen LogP contribution in [0.15, 0.2) is 16.8 Å². The number of ether oxygens (including phenoxy) is 1. The Morgan fingerprint density at radius 2 is 1.88 bits per heavy atom. The van der Waals surface area contributed by atoms with Gasteiger partial charge in [0, 0.05) is 31.1 Å². The molecule has 4 aliphatic rings. The highest BCUT2D eigenvalue weighted by molar-refractivity contribution is 6.00. The highest BCUT2D eigenvalue weighted by atomic mass is 16.5. The van der Waals surface area contributed by atoms with E-state index in [4.69, 9.17) is 4.74 Å². The number of carbonyl (C=O) groups excluding carboxylic acids is 2. The summed E-state index contributed by atoms with van der Waals surface area (Å²) in [4.78, 5) is 23.9. The SMILES string of the molecule is CC(=O)O[C@H]1CC[C@@]2(C)C(=C/C(=N\O)C3C2CC[C@]2(C)C(=O)CCC32)C1. The lowest BCUT2D eigenvalue weighted by Crippen LogP contribution is -2.53.